The molecule has 4 aromatic rings. The van der Waals surface area contributed by atoms with Crippen molar-refractivity contribution >= 4 is 11.8 Å². The van der Waals surface area contributed by atoms with Gasteiger partial charge in [0.25, 0.3) is 0 Å². The maximum Gasteiger partial charge on any atom is 0.334 e. The molecule has 0 bridgehead atoms. The number of ether oxygens (including phenoxy) is 4. The lowest BCUT2D eigenvalue weighted by atomic mass is 9.69. The van der Waals surface area contributed by atoms with Crippen LogP contribution in [0.2, 0.25) is 0 Å². The molecule has 2 aliphatic rings. The first-order chi connectivity index (χ1) is 20.8. The van der Waals surface area contributed by atoms with Crippen LogP contribution in [-0.2, 0) is 16.0 Å². The molecule has 3 atom stereocenters. The zero-order chi connectivity index (χ0) is 30.4. The molecule has 9 heteroatoms. The fourth-order valence-corrected chi connectivity index (χ4v) is 6.29. The molecule has 218 valence electrons. The third kappa shape index (κ3) is 4.04. The van der Waals surface area contributed by atoms with Gasteiger partial charge in [0.15, 0.2) is 11.2 Å². The average molecular weight is 579 g/mol. The zero-order valence-corrected chi connectivity index (χ0v) is 23.8. The summed E-state index contributed by atoms with van der Waals surface area (Å²) in [7, 11) is 4.52. The minimum atomic E-state index is -2.19. The van der Waals surface area contributed by atoms with Gasteiger partial charge in [0.2, 0.25) is 0 Å². The first-order valence-electron chi connectivity index (χ1n) is 13.5. The highest BCUT2D eigenvalue weighted by molar-refractivity contribution is 6.00. The SMILES string of the molecule is COc1ccc([C@@]23Oc4cc(OC)cc(OC)c4[C@]2(O)C(N=C(N)c2ccccc2)=C(C(=O)O)[C@H]3c2ccccc2)cc1. The second-order valence-corrected chi connectivity index (χ2v) is 10.3. The largest absolute Gasteiger partial charge is 0.497 e. The van der Waals surface area contributed by atoms with E-state index < -0.39 is 23.1 Å². The van der Waals surface area contributed by atoms with E-state index in [0.717, 1.165) is 0 Å². The van der Waals surface area contributed by atoms with E-state index in [-0.39, 0.29) is 34.2 Å². The summed E-state index contributed by atoms with van der Waals surface area (Å²) < 4.78 is 23.6. The Labute approximate surface area is 248 Å². The summed E-state index contributed by atoms with van der Waals surface area (Å²) >= 11 is 0. The van der Waals surface area contributed by atoms with E-state index >= 15 is 0 Å². The summed E-state index contributed by atoms with van der Waals surface area (Å²) in [5.74, 6) is -0.803. The first-order valence-corrected chi connectivity index (χ1v) is 13.5. The Morgan fingerprint density at radius 2 is 1.49 bits per heavy atom. The number of aliphatic imine (C=N–C) groups is 1. The molecule has 0 unspecified atom stereocenters. The number of benzene rings is 4. The fraction of sp³-hybridized carbons (Fsp3) is 0.176. The number of methoxy groups -OCH3 is 3. The summed E-state index contributed by atoms with van der Waals surface area (Å²) in [6.07, 6.45) is 0. The van der Waals surface area contributed by atoms with E-state index in [1.54, 1.807) is 92.0 Å². The van der Waals surface area contributed by atoms with Gasteiger partial charge in [-0.2, -0.15) is 0 Å². The summed E-state index contributed by atoms with van der Waals surface area (Å²) in [4.78, 5) is 18.0. The zero-order valence-electron chi connectivity index (χ0n) is 23.8. The average Bonchev–Trinajstić information content (AvgIpc) is 3.43. The van der Waals surface area contributed by atoms with Gasteiger partial charge in [0.1, 0.15) is 28.8 Å². The molecule has 0 spiro atoms. The molecule has 6 rings (SSSR count). The van der Waals surface area contributed by atoms with Gasteiger partial charge in [0, 0.05) is 23.3 Å². The third-order valence-electron chi connectivity index (χ3n) is 8.14. The van der Waals surface area contributed by atoms with Crippen LogP contribution in [0.5, 0.6) is 23.0 Å². The van der Waals surface area contributed by atoms with E-state index in [1.165, 1.54) is 14.2 Å². The molecular weight excluding hydrogens is 548 g/mol. The predicted octanol–water partition coefficient (Wildman–Crippen LogP) is 4.73. The highest BCUT2D eigenvalue weighted by Gasteiger charge is 2.74. The molecule has 9 nitrogen and oxygen atoms in total. The smallest absolute Gasteiger partial charge is 0.334 e. The topological polar surface area (TPSA) is 133 Å². The van der Waals surface area contributed by atoms with Crippen molar-refractivity contribution < 1.29 is 34.0 Å². The van der Waals surface area contributed by atoms with Gasteiger partial charge in [0.05, 0.1) is 44.1 Å². The standard InChI is InChI=1S/C34H30N2O7/c1-40-23-16-14-22(15-17-23)34-28(20-10-6-4-7-11-20)27(32(37)38)30(36-31(35)21-12-8-5-9-13-21)33(34,39)29-25(42-3)18-24(41-2)19-26(29)43-34/h4-19,28,39H,1-3H3,(H2,35,36)(H,37,38)/t28-,33+,34+/m1/s1. The Morgan fingerprint density at radius 1 is 0.860 bits per heavy atom. The minimum Gasteiger partial charge on any atom is -0.497 e. The molecule has 0 aromatic heterocycles. The number of carbonyl (C=O) groups is 1. The van der Waals surface area contributed by atoms with E-state index in [1.807, 2.05) is 12.1 Å². The Bertz CT molecular complexity index is 1750. The van der Waals surface area contributed by atoms with Crippen molar-refractivity contribution in [3.05, 3.63) is 131 Å². The molecule has 0 saturated carbocycles. The summed E-state index contributed by atoms with van der Waals surface area (Å²) in [6.45, 7) is 0. The van der Waals surface area contributed by atoms with Crippen molar-refractivity contribution in [1.29, 1.82) is 0 Å². The lowest BCUT2D eigenvalue weighted by Gasteiger charge is -2.41. The fourth-order valence-electron chi connectivity index (χ4n) is 6.29. The molecule has 0 radical (unpaired) electrons. The Morgan fingerprint density at radius 3 is 2.07 bits per heavy atom. The Hall–Kier alpha value is -5.28. The number of carboxylic acid groups (broad SMARTS) is 1. The number of nitrogens with zero attached hydrogens (tertiary/aromatic N) is 1. The van der Waals surface area contributed by atoms with Gasteiger partial charge in [-0.3, -0.25) is 0 Å². The number of aliphatic carboxylic acids is 1. The number of carboxylic acids is 1. The monoisotopic (exact) mass is 578 g/mol. The van der Waals surface area contributed by atoms with Crippen molar-refractivity contribution in [3.63, 3.8) is 0 Å². The van der Waals surface area contributed by atoms with Crippen molar-refractivity contribution in [2.75, 3.05) is 21.3 Å². The number of hydrogen-bond donors (Lipinski definition) is 3. The molecule has 0 saturated heterocycles. The van der Waals surface area contributed by atoms with Crippen LogP contribution in [0.1, 0.15) is 28.2 Å². The minimum absolute atomic E-state index is 0.0287. The summed E-state index contributed by atoms with van der Waals surface area (Å²) in [6, 6.07) is 28.2. The van der Waals surface area contributed by atoms with Crippen LogP contribution in [0, 0.1) is 0 Å². The van der Waals surface area contributed by atoms with Crippen molar-refractivity contribution in [2.24, 2.45) is 10.7 Å². The van der Waals surface area contributed by atoms with Crippen LogP contribution < -0.4 is 24.7 Å². The van der Waals surface area contributed by atoms with Crippen LogP contribution in [0.3, 0.4) is 0 Å². The number of rotatable bonds is 8. The highest BCUT2D eigenvalue weighted by atomic mass is 16.5. The maximum absolute atomic E-state index is 13.3. The molecule has 0 fully saturated rings. The van der Waals surface area contributed by atoms with E-state index in [4.69, 9.17) is 29.7 Å². The van der Waals surface area contributed by atoms with Gasteiger partial charge in [-0.15, -0.1) is 0 Å². The van der Waals surface area contributed by atoms with Gasteiger partial charge in [-0.1, -0.05) is 72.8 Å². The molecule has 1 aliphatic heterocycles. The number of aliphatic hydroxyl groups is 1. The van der Waals surface area contributed by atoms with E-state index in [9.17, 15) is 15.0 Å². The summed E-state index contributed by atoms with van der Waals surface area (Å²) in [5, 5.41) is 24.2. The van der Waals surface area contributed by atoms with Crippen molar-refractivity contribution in [2.45, 2.75) is 17.1 Å². The molecule has 1 aliphatic carbocycles. The number of fused-ring (bicyclic) bond motifs is 3. The van der Waals surface area contributed by atoms with Crippen molar-refractivity contribution in [3.8, 4) is 23.0 Å². The molecule has 1 heterocycles. The Kier molecular flexibility index (Phi) is 6.82. The predicted molar refractivity (Wildman–Crippen MR) is 160 cm³/mol. The highest BCUT2D eigenvalue weighted by Crippen LogP contribution is 2.70. The van der Waals surface area contributed by atoms with Gasteiger partial charge < -0.3 is 34.9 Å². The third-order valence-corrected chi connectivity index (χ3v) is 8.14. The molecule has 0 amide bonds. The number of hydrogen-bond acceptors (Lipinski definition) is 7. The molecule has 43 heavy (non-hydrogen) atoms. The number of amidine groups is 1. The lowest BCUT2D eigenvalue weighted by molar-refractivity contribution is -0.133. The number of nitrogens with two attached hydrogens (primary N) is 1. The van der Waals surface area contributed by atoms with Crippen molar-refractivity contribution in [1.82, 2.24) is 0 Å². The van der Waals surface area contributed by atoms with Gasteiger partial charge in [-0.05, 0) is 17.7 Å². The first kappa shape index (κ1) is 27.9. The molecule has 4 aromatic carbocycles. The van der Waals surface area contributed by atoms with Gasteiger partial charge >= 0.3 is 5.97 Å². The van der Waals surface area contributed by atoms with Crippen LogP contribution in [0.15, 0.2) is 113 Å². The maximum atomic E-state index is 13.3. The second kappa shape index (κ2) is 10.5. The normalized spacial score (nSPS) is 22.4. The second-order valence-electron chi connectivity index (χ2n) is 10.3. The van der Waals surface area contributed by atoms with Crippen LogP contribution in [-0.4, -0.2) is 43.3 Å². The van der Waals surface area contributed by atoms with E-state index in [2.05, 4.69) is 0 Å². The van der Waals surface area contributed by atoms with Crippen LogP contribution in [0.4, 0.5) is 0 Å². The lowest BCUT2D eigenvalue weighted by Crippen LogP contribution is -2.50. The van der Waals surface area contributed by atoms with Gasteiger partial charge in [-0.25, -0.2) is 9.79 Å². The van der Waals surface area contributed by atoms with E-state index in [0.29, 0.717) is 28.2 Å². The quantitative estimate of drug-likeness (QED) is 0.202. The van der Waals surface area contributed by atoms with Crippen LogP contribution in [0.25, 0.3) is 0 Å². The molecular formula is C34H30N2O7. The Balaban J connectivity index is 1.77. The van der Waals surface area contributed by atoms with Crippen LogP contribution >= 0.6 is 0 Å². The summed E-state index contributed by atoms with van der Waals surface area (Å²) in [5.41, 5.74) is 4.11. The molecule has 4 N–H and O–H groups in total.